The highest BCUT2D eigenvalue weighted by atomic mass is 32.1. The van der Waals surface area contributed by atoms with Gasteiger partial charge in [-0.25, -0.2) is 9.97 Å². The second kappa shape index (κ2) is 6.59. The highest BCUT2D eigenvalue weighted by molar-refractivity contribution is 7.15. The first-order chi connectivity index (χ1) is 9.06. The summed E-state index contributed by atoms with van der Waals surface area (Å²) in [5.74, 6) is 0.628. The molecule has 0 bridgehead atoms. The van der Waals surface area contributed by atoms with Gasteiger partial charge in [-0.15, -0.1) is 22.7 Å². The highest BCUT2D eigenvalue weighted by Crippen LogP contribution is 2.29. The molecule has 2 heterocycles. The van der Waals surface area contributed by atoms with Gasteiger partial charge in [-0.05, 0) is 12.3 Å². The lowest BCUT2D eigenvalue weighted by atomic mass is 10.1. The fourth-order valence-corrected chi connectivity index (χ4v) is 3.41. The van der Waals surface area contributed by atoms with Crippen molar-refractivity contribution in [3.8, 4) is 10.7 Å². The van der Waals surface area contributed by atoms with Gasteiger partial charge in [0.1, 0.15) is 10.7 Å². The minimum atomic E-state index is 0.497. The van der Waals surface area contributed by atoms with Gasteiger partial charge < -0.3 is 5.32 Å². The van der Waals surface area contributed by atoms with Crippen molar-refractivity contribution in [2.75, 3.05) is 0 Å². The van der Waals surface area contributed by atoms with Gasteiger partial charge in [-0.3, -0.25) is 0 Å². The molecule has 0 atom stereocenters. The second-order valence-electron chi connectivity index (χ2n) is 5.40. The van der Waals surface area contributed by atoms with Crippen molar-refractivity contribution in [2.45, 2.75) is 46.7 Å². The molecule has 2 rings (SSSR count). The van der Waals surface area contributed by atoms with Gasteiger partial charge in [0.15, 0.2) is 0 Å². The maximum atomic E-state index is 4.79. The van der Waals surface area contributed by atoms with E-state index in [1.54, 1.807) is 22.7 Å². The fraction of sp³-hybridized carbons (Fsp3) is 0.571. The number of thiazole rings is 2. The van der Waals surface area contributed by atoms with E-state index in [1.165, 1.54) is 10.6 Å². The van der Waals surface area contributed by atoms with Gasteiger partial charge in [0.25, 0.3) is 0 Å². The Kier molecular flexibility index (Phi) is 5.07. The molecule has 0 aliphatic rings. The molecule has 5 heteroatoms. The Labute approximate surface area is 123 Å². The minimum absolute atomic E-state index is 0.497. The molecule has 104 valence electrons. The van der Waals surface area contributed by atoms with Crippen LogP contribution in [0.2, 0.25) is 0 Å². The molecule has 0 saturated carbocycles. The third-order valence-electron chi connectivity index (χ3n) is 2.70. The van der Waals surface area contributed by atoms with Gasteiger partial charge in [0, 0.05) is 22.8 Å². The Morgan fingerprint density at radius 3 is 2.63 bits per heavy atom. The van der Waals surface area contributed by atoms with Crippen molar-refractivity contribution in [2.24, 2.45) is 5.92 Å². The molecule has 0 amide bonds. The van der Waals surface area contributed by atoms with Crippen LogP contribution in [0.15, 0.2) is 10.9 Å². The fourth-order valence-electron chi connectivity index (χ4n) is 1.79. The summed E-state index contributed by atoms with van der Waals surface area (Å²) in [6, 6.07) is 0.497. The molecule has 0 aliphatic carbocycles. The van der Waals surface area contributed by atoms with Crippen LogP contribution in [0.5, 0.6) is 0 Å². The number of hydrogen-bond donors (Lipinski definition) is 1. The van der Waals surface area contributed by atoms with E-state index in [-0.39, 0.29) is 0 Å². The third-order valence-corrected chi connectivity index (χ3v) is 4.41. The summed E-state index contributed by atoms with van der Waals surface area (Å²) < 4.78 is 0. The lowest BCUT2D eigenvalue weighted by Crippen LogP contribution is -2.22. The summed E-state index contributed by atoms with van der Waals surface area (Å²) in [6.07, 6.45) is 1.04. The van der Waals surface area contributed by atoms with E-state index in [0.717, 1.165) is 23.7 Å². The predicted octanol–water partition coefficient (Wildman–Crippen LogP) is 3.96. The van der Waals surface area contributed by atoms with Crippen LogP contribution >= 0.6 is 22.7 Å². The van der Waals surface area contributed by atoms with E-state index in [0.29, 0.717) is 12.0 Å². The van der Waals surface area contributed by atoms with Crippen LogP contribution in [0.4, 0.5) is 0 Å². The summed E-state index contributed by atoms with van der Waals surface area (Å²) >= 11 is 3.39. The van der Waals surface area contributed by atoms with Gasteiger partial charge in [0.05, 0.1) is 11.2 Å². The molecule has 0 unspecified atom stereocenters. The van der Waals surface area contributed by atoms with Crippen molar-refractivity contribution >= 4 is 22.7 Å². The normalized spacial score (nSPS) is 11.7. The molecule has 0 spiro atoms. The number of aromatic nitrogens is 2. The molecular formula is C14H21N3S2. The summed E-state index contributed by atoms with van der Waals surface area (Å²) in [4.78, 5) is 10.5. The van der Waals surface area contributed by atoms with E-state index >= 15 is 0 Å². The molecular weight excluding hydrogens is 274 g/mol. The van der Waals surface area contributed by atoms with Crippen molar-refractivity contribution in [3.63, 3.8) is 0 Å². The van der Waals surface area contributed by atoms with Crippen LogP contribution in [0, 0.1) is 5.92 Å². The van der Waals surface area contributed by atoms with Crippen LogP contribution in [0.25, 0.3) is 10.7 Å². The maximum absolute atomic E-state index is 4.79. The monoisotopic (exact) mass is 295 g/mol. The van der Waals surface area contributed by atoms with Gasteiger partial charge >= 0.3 is 0 Å². The number of hydrogen-bond acceptors (Lipinski definition) is 5. The number of rotatable bonds is 6. The first-order valence-electron chi connectivity index (χ1n) is 6.66. The number of nitrogens with one attached hydrogen (secondary N) is 1. The Hall–Kier alpha value is -0.780. The molecule has 2 aromatic rings. The quantitative estimate of drug-likeness (QED) is 0.876. The van der Waals surface area contributed by atoms with Crippen molar-refractivity contribution in [1.29, 1.82) is 0 Å². The average molecular weight is 295 g/mol. The molecule has 19 heavy (non-hydrogen) atoms. The standard InChI is InChI=1S/C14H21N3S2/c1-9(2)5-11-13(6-15-10(3)4)19-14(17-11)12-7-18-8-16-12/h7-10,15H,5-6H2,1-4H3. The molecule has 1 N–H and O–H groups in total. The topological polar surface area (TPSA) is 37.8 Å². The van der Waals surface area contributed by atoms with Crippen LogP contribution in [0.1, 0.15) is 38.3 Å². The summed E-state index contributed by atoms with van der Waals surface area (Å²) in [7, 11) is 0. The van der Waals surface area contributed by atoms with Crippen molar-refractivity contribution in [1.82, 2.24) is 15.3 Å². The van der Waals surface area contributed by atoms with E-state index in [2.05, 4.69) is 43.4 Å². The van der Waals surface area contributed by atoms with Crippen LogP contribution in [-0.2, 0) is 13.0 Å². The third kappa shape index (κ3) is 4.09. The summed E-state index contributed by atoms with van der Waals surface area (Å²) in [6.45, 7) is 9.72. The van der Waals surface area contributed by atoms with Gasteiger partial charge in [0.2, 0.25) is 0 Å². The Morgan fingerprint density at radius 2 is 2.05 bits per heavy atom. The van der Waals surface area contributed by atoms with Gasteiger partial charge in [-0.2, -0.15) is 0 Å². The lowest BCUT2D eigenvalue weighted by molar-refractivity contribution is 0.581. The molecule has 0 aliphatic heterocycles. The highest BCUT2D eigenvalue weighted by Gasteiger charge is 2.14. The molecule has 3 nitrogen and oxygen atoms in total. The predicted molar refractivity (Wildman–Crippen MR) is 83.7 cm³/mol. The maximum Gasteiger partial charge on any atom is 0.143 e. The molecule has 0 fully saturated rings. The van der Waals surface area contributed by atoms with E-state index < -0.39 is 0 Å². The van der Waals surface area contributed by atoms with Crippen molar-refractivity contribution < 1.29 is 0 Å². The first kappa shape index (κ1) is 14.6. The van der Waals surface area contributed by atoms with Gasteiger partial charge in [-0.1, -0.05) is 27.7 Å². The van der Waals surface area contributed by atoms with E-state index in [4.69, 9.17) is 4.98 Å². The zero-order valence-corrected chi connectivity index (χ0v) is 13.6. The largest absolute Gasteiger partial charge is 0.310 e. The molecule has 0 saturated heterocycles. The summed E-state index contributed by atoms with van der Waals surface area (Å²) in [5.41, 5.74) is 4.11. The lowest BCUT2D eigenvalue weighted by Gasteiger charge is -2.08. The first-order valence-corrected chi connectivity index (χ1v) is 8.42. The van der Waals surface area contributed by atoms with Crippen LogP contribution < -0.4 is 5.32 Å². The zero-order chi connectivity index (χ0) is 13.8. The second-order valence-corrected chi connectivity index (χ2v) is 7.20. The average Bonchev–Trinajstić information content (AvgIpc) is 2.94. The van der Waals surface area contributed by atoms with Crippen molar-refractivity contribution in [3.05, 3.63) is 21.5 Å². The Bertz CT molecular complexity index is 501. The zero-order valence-electron chi connectivity index (χ0n) is 11.9. The Balaban J connectivity index is 2.23. The SMILES string of the molecule is CC(C)Cc1nc(-c2cscn2)sc1CNC(C)C. The van der Waals surface area contributed by atoms with E-state index in [9.17, 15) is 0 Å². The number of nitrogens with zero attached hydrogens (tertiary/aromatic N) is 2. The smallest absolute Gasteiger partial charge is 0.143 e. The van der Waals surface area contributed by atoms with Crippen LogP contribution in [-0.4, -0.2) is 16.0 Å². The molecule has 0 aromatic carbocycles. The molecule has 0 radical (unpaired) electrons. The summed E-state index contributed by atoms with van der Waals surface area (Å²) in [5, 5.41) is 6.61. The Morgan fingerprint density at radius 1 is 1.26 bits per heavy atom. The van der Waals surface area contributed by atoms with E-state index in [1.807, 2.05) is 5.51 Å². The molecule has 2 aromatic heterocycles. The minimum Gasteiger partial charge on any atom is -0.310 e. The van der Waals surface area contributed by atoms with Crippen LogP contribution in [0.3, 0.4) is 0 Å².